The Morgan fingerprint density at radius 1 is 0.967 bits per heavy atom. The van der Waals surface area contributed by atoms with Crippen LogP contribution in [0.3, 0.4) is 0 Å². The van der Waals surface area contributed by atoms with E-state index in [4.69, 9.17) is 11.6 Å². The Labute approximate surface area is 174 Å². The fourth-order valence-corrected chi connectivity index (χ4v) is 2.75. The van der Waals surface area contributed by atoms with E-state index in [9.17, 15) is 22.8 Å². The zero-order valence-electron chi connectivity index (χ0n) is 15.4. The van der Waals surface area contributed by atoms with Gasteiger partial charge in [-0.1, -0.05) is 17.7 Å². The summed E-state index contributed by atoms with van der Waals surface area (Å²) in [4.78, 5) is 24.1. The molecule has 0 fully saturated rings. The van der Waals surface area contributed by atoms with E-state index < -0.39 is 23.6 Å². The van der Waals surface area contributed by atoms with Gasteiger partial charge in [0.05, 0.1) is 11.3 Å². The monoisotopic (exact) mass is 436 g/mol. The van der Waals surface area contributed by atoms with Gasteiger partial charge < -0.3 is 10.6 Å². The first-order chi connectivity index (χ1) is 14.2. The summed E-state index contributed by atoms with van der Waals surface area (Å²) in [6.07, 6.45) is -2.84. The van der Waals surface area contributed by atoms with Gasteiger partial charge >= 0.3 is 6.18 Å². The largest absolute Gasteiger partial charge is 0.416 e. The van der Waals surface area contributed by atoms with Crippen molar-refractivity contribution in [2.75, 3.05) is 13.1 Å². The highest BCUT2D eigenvalue weighted by Crippen LogP contribution is 2.29. The molecule has 0 saturated heterocycles. The average Bonchev–Trinajstić information content (AvgIpc) is 3.21. The molecule has 1 aromatic heterocycles. The third-order valence-electron chi connectivity index (χ3n) is 4.06. The fraction of sp³-hybridized carbons (Fsp3) is 0.150. The molecule has 3 aromatic rings. The molecule has 0 radical (unpaired) electrons. The van der Waals surface area contributed by atoms with Crippen LogP contribution in [-0.4, -0.2) is 34.7 Å². The first-order valence-electron chi connectivity index (χ1n) is 8.79. The molecule has 0 saturated carbocycles. The van der Waals surface area contributed by atoms with Gasteiger partial charge in [-0.05, 0) is 48.5 Å². The van der Waals surface area contributed by atoms with Gasteiger partial charge in [0.1, 0.15) is 0 Å². The Bertz CT molecular complexity index is 1050. The Hall–Kier alpha value is -3.33. The van der Waals surface area contributed by atoms with Gasteiger partial charge in [-0.15, -0.1) is 0 Å². The summed E-state index contributed by atoms with van der Waals surface area (Å²) in [6, 6.07) is 12.4. The van der Waals surface area contributed by atoms with Crippen molar-refractivity contribution in [3.63, 3.8) is 0 Å². The number of hydrogen-bond donors (Lipinski definition) is 2. The van der Waals surface area contributed by atoms with E-state index in [-0.39, 0.29) is 24.3 Å². The summed E-state index contributed by atoms with van der Waals surface area (Å²) in [7, 11) is 0. The second-order valence-corrected chi connectivity index (χ2v) is 6.65. The number of carbonyl (C=O) groups excluding carboxylic acids is 2. The molecule has 30 heavy (non-hydrogen) atoms. The smallest absolute Gasteiger partial charge is 0.350 e. The van der Waals surface area contributed by atoms with Crippen LogP contribution in [0, 0.1) is 0 Å². The molecule has 0 atom stereocenters. The second-order valence-electron chi connectivity index (χ2n) is 6.21. The van der Waals surface area contributed by atoms with Crippen LogP contribution >= 0.6 is 11.6 Å². The van der Waals surface area contributed by atoms with Crippen LogP contribution in [0.1, 0.15) is 26.4 Å². The van der Waals surface area contributed by atoms with Crippen molar-refractivity contribution < 1.29 is 22.8 Å². The molecule has 10 heteroatoms. The highest BCUT2D eigenvalue weighted by molar-refractivity contribution is 6.30. The van der Waals surface area contributed by atoms with Gasteiger partial charge in [0, 0.05) is 29.9 Å². The van der Waals surface area contributed by atoms with Crippen LogP contribution < -0.4 is 10.6 Å². The number of hydrogen-bond acceptors (Lipinski definition) is 3. The highest BCUT2D eigenvalue weighted by atomic mass is 35.5. The lowest BCUT2D eigenvalue weighted by molar-refractivity contribution is -0.137. The number of benzene rings is 2. The van der Waals surface area contributed by atoms with E-state index >= 15 is 0 Å². The van der Waals surface area contributed by atoms with Crippen molar-refractivity contribution >= 4 is 23.4 Å². The van der Waals surface area contributed by atoms with E-state index in [1.165, 1.54) is 10.7 Å². The molecule has 2 N–H and O–H groups in total. The van der Waals surface area contributed by atoms with Gasteiger partial charge in [-0.2, -0.15) is 18.3 Å². The molecule has 6 nitrogen and oxygen atoms in total. The topological polar surface area (TPSA) is 76.0 Å². The van der Waals surface area contributed by atoms with Crippen LogP contribution in [0.5, 0.6) is 0 Å². The molecule has 2 aromatic carbocycles. The van der Waals surface area contributed by atoms with Gasteiger partial charge in [0.25, 0.3) is 11.8 Å². The molecule has 0 bridgehead atoms. The van der Waals surface area contributed by atoms with Crippen molar-refractivity contribution in [1.82, 2.24) is 20.4 Å². The molecule has 3 rings (SSSR count). The summed E-state index contributed by atoms with van der Waals surface area (Å²) in [6.45, 7) is 0.218. The van der Waals surface area contributed by atoms with Crippen LogP contribution in [0.25, 0.3) is 5.69 Å². The number of carbonyl (C=O) groups is 2. The molecular weight excluding hydrogens is 421 g/mol. The number of rotatable bonds is 6. The maximum absolute atomic E-state index is 12.5. The summed E-state index contributed by atoms with van der Waals surface area (Å²) in [5, 5.41) is 9.85. The van der Waals surface area contributed by atoms with E-state index in [1.54, 1.807) is 30.5 Å². The summed E-state index contributed by atoms with van der Waals surface area (Å²) >= 11 is 5.94. The predicted molar refractivity (Wildman–Crippen MR) is 105 cm³/mol. The van der Waals surface area contributed by atoms with Crippen molar-refractivity contribution in [1.29, 1.82) is 0 Å². The Morgan fingerprint density at radius 3 is 2.27 bits per heavy atom. The van der Waals surface area contributed by atoms with E-state index in [0.29, 0.717) is 10.7 Å². The number of halogens is 4. The summed E-state index contributed by atoms with van der Waals surface area (Å²) in [5.41, 5.74) is 0.146. The number of nitrogens with one attached hydrogen (secondary N) is 2. The van der Waals surface area contributed by atoms with Gasteiger partial charge in [0.15, 0.2) is 5.69 Å². The van der Waals surface area contributed by atoms with E-state index in [0.717, 1.165) is 24.3 Å². The number of nitrogens with zero attached hydrogens (tertiary/aromatic N) is 2. The molecule has 0 aliphatic heterocycles. The van der Waals surface area contributed by atoms with Crippen molar-refractivity contribution in [2.24, 2.45) is 0 Å². The van der Waals surface area contributed by atoms with Gasteiger partial charge in [-0.25, -0.2) is 4.68 Å². The number of alkyl halides is 3. The highest BCUT2D eigenvalue weighted by Gasteiger charge is 2.30. The fourth-order valence-electron chi connectivity index (χ4n) is 2.56. The number of aromatic nitrogens is 2. The van der Waals surface area contributed by atoms with E-state index in [1.807, 2.05) is 0 Å². The Morgan fingerprint density at radius 2 is 1.63 bits per heavy atom. The lowest BCUT2D eigenvalue weighted by atomic mass is 10.1. The molecule has 0 aliphatic carbocycles. The molecule has 0 spiro atoms. The maximum Gasteiger partial charge on any atom is 0.416 e. The Balaban J connectivity index is 1.47. The van der Waals surface area contributed by atoms with Gasteiger partial charge in [0.2, 0.25) is 0 Å². The molecule has 0 unspecified atom stereocenters. The first-order valence-corrected chi connectivity index (χ1v) is 9.17. The minimum atomic E-state index is -4.46. The van der Waals surface area contributed by atoms with Crippen molar-refractivity contribution in [3.8, 4) is 5.69 Å². The van der Waals surface area contributed by atoms with Crippen LogP contribution in [0.2, 0.25) is 5.02 Å². The first kappa shape index (κ1) is 21.4. The SMILES string of the molecule is O=C(NCCNC(=O)c1ccn(-c2cccc(Cl)c2)n1)c1ccc(C(F)(F)F)cc1. The molecule has 0 aliphatic rings. The Kier molecular flexibility index (Phi) is 6.41. The minimum Gasteiger partial charge on any atom is -0.350 e. The van der Waals surface area contributed by atoms with Crippen LogP contribution in [-0.2, 0) is 6.18 Å². The second kappa shape index (κ2) is 9.00. The standard InChI is InChI=1S/C20H16ClF3N4O2/c21-15-2-1-3-16(12-15)28-11-8-17(27-28)19(30)26-10-9-25-18(29)13-4-6-14(7-5-13)20(22,23)24/h1-8,11-12H,9-10H2,(H,25,29)(H,26,30). The minimum absolute atomic E-state index is 0.0922. The van der Waals surface area contributed by atoms with Gasteiger partial charge in [-0.3, -0.25) is 9.59 Å². The number of amides is 2. The summed E-state index contributed by atoms with van der Waals surface area (Å²) < 4.78 is 39.1. The van der Waals surface area contributed by atoms with Crippen molar-refractivity contribution in [3.05, 3.63) is 82.6 Å². The zero-order valence-corrected chi connectivity index (χ0v) is 16.2. The molecular formula is C20H16ClF3N4O2. The predicted octanol–water partition coefficient (Wildman–Crippen LogP) is 3.70. The van der Waals surface area contributed by atoms with E-state index in [2.05, 4.69) is 15.7 Å². The van der Waals surface area contributed by atoms with Crippen LogP contribution in [0.15, 0.2) is 60.8 Å². The van der Waals surface area contributed by atoms with Crippen molar-refractivity contribution in [2.45, 2.75) is 6.18 Å². The van der Waals surface area contributed by atoms with Crippen LogP contribution in [0.4, 0.5) is 13.2 Å². The average molecular weight is 437 g/mol. The molecule has 1 heterocycles. The normalized spacial score (nSPS) is 11.2. The third kappa shape index (κ3) is 5.38. The third-order valence-corrected chi connectivity index (χ3v) is 4.30. The lowest BCUT2D eigenvalue weighted by Crippen LogP contribution is -2.34. The quantitative estimate of drug-likeness (QED) is 0.578. The maximum atomic E-state index is 12.5. The zero-order chi connectivity index (χ0) is 21.7. The lowest BCUT2D eigenvalue weighted by Gasteiger charge is -2.09. The summed E-state index contributed by atoms with van der Waals surface area (Å²) in [5.74, 6) is -0.970. The molecule has 156 valence electrons. The molecule has 2 amide bonds.